The molecule has 8 fully saturated rings. The summed E-state index contributed by atoms with van der Waals surface area (Å²) in [7, 11) is -7.63. The van der Waals surface area contributed by atoms with Gasteiger partial charge in [-0.15, -0.1) is 0 Å². The second-order valence-electron chi connectivity index (χ2n) is 22.4. The summed E-state index contributed by atoms with van der Waals surface area (Å²) in [5.41, 5.74) is -0.446. The molecular weight excluding hydrogens is 1010 g/mol. The van der Waals surface area contributed by atoms with E-state index in [0.717, 1.165) is 12.8 Å². The molecule has 8 saturated heterocycles. The third kappa shape index (κ3) is 17.6. The molecule has 0 aliphatic carbocycles. The molecule has 0 saturated carbocycles. The SMILES string of the molecule is CC(C)OC[C@]12O[C@@H](C)[C@H](O[C@H]1C)[C@@H]2OC(C)C.[3H][C@@H]1C[C@H](O[P@@]2(=O)OCC[C@@H]([C@H]3O[C@@H](C)C[C@@H]3OC(C)C)O2)[C@@H](COC(C)C)O1.[3H][C@@H]1C[C@H](O[P@]2(=O)OCC[C@H]([C@H]3O[C@@H](C)C[C@@H]3OC(C)C)O2)[C@@H](COC(C)C)O1. The molecule has 8 aliphatic heterocycles. The van der Waals surface area contributed by atoms with Crippen LogP contribution in [0.25, 0.3) is 0 Å². The van der Waals surface area contributed by atoms with Crippen LogP contribution in [-0.4, -0.2) is 186 Å². The lowest BCUT2D eigenvalue weighted by molar-refractivity contribution is -0.204. The highest BCUT2D eigenvalue weighted by Crippen LogP contribution is 2.58. The lowest BCUT2D eigenvalue weighted by Crippen LogP contribution is -2.52. The highest BCUT2D eigenvalue weighted by atomic mass is 31.2. The molecule has 0 aromatic rings. The summed E-state index contributed by atoms with van der Waals surface area (Å²) >= 11 is 0. The van der Waals surface area contributed by atoms with Gasteiger partial charge >= 0.3 is 15.6 Å². The van der Waals surface area contributed by atoms with Gasteiger partial charge in [-0.1, -0.05) is 0 Å². The van der Waals surface area contributed by atoms with E-state index in [2.05, 4.69) is 0 Å². The molecule has 0 aromatic heterocycles. The van der Waals surface area contributed by atoms with Gasteiger partial charge in [0.2, 0.25) is 0 Å². The molecule has 0 aromatic carbocycles. The van der Waals surface area contributed by atoms with Gasteiger partial charge < -0.3 is 56.8 Å². The summed E-state index contributed by atoms with van der Waals surface area (Å²) in [6.07, 6.45) is -0.0698. The number of phosphoric ester groups is 2. The van der Waals surface area contributed by atoms with Gasteiger partial charge in [-0.25, -0.2) is 9.13 Å². The normalized spacial score (nSPS) is 44.7. The van der Waals surface area contributed by atoms with Crippen molar-refractivity contribution in [2.45, 2.75) is 289 Å². The van der Waals surface area contributed by atoms with Gasteiger partial charge in [0.25, 0.3) is 0 Å². The molecule has 434 valence electrons. The van der Waals surface area contributed by atoms with E-state index in [1.165, 1.54) is 0 Å². The minimum atomic E-state index is -3.82. The Hall–Kier alpha value is -0.260. The monoisotopic (exact) mass is 1110 g/mol. The number of fused-ring (bicyclic) bond motifs is 2. The fourth-order valence-electron chi connectivity index (χ4n) is 10.3. The van der Waals surface area contributed by atoms with Gasteiger partial charge in [-0.3, -0.25) is 27.1 Å². The van der Waals surface area contributed by atoms with Crippen molar-refractivity contribution in [2.75, 3.05) is 46.2 Å². The third-order valence-electron chi connectivity index (χ3n) is 13.6. The summed E-state index contributed by atoms with van der Waals surface area (Å²) in [5.74, 6) is 0. The second kappa shape index (κ2) is 28.4. The zero-order chi connectivity index (χ0) is 55.9. The number of phosphoric acid groups is 2. The highest BCUT2D eigenvalue weighted by Gasteiger charge is 2.65. The third-order valence-corrected chi connectivity index (χ3v) is 16.7. The minimum Gasteiger partial charge on any atom is -0.376 e. The Morgan fingerprint density at radius 2 is 0.973 bits per heavy atom. The zero-order valence-electron chi connectivity index (χ0n) is 49.2. The van der Waals surface area contributed by atoms with Crippen molar-refractivity contribution in [1.29, 1.82) is 0 Å². The van der Waals surface area contributed by atoms with E-state index in [0.29, 0.717) is 19.4 Å². The first-order valence-corrected chi connectivity index (χ1v) is 30.4. The molecule has 8 heterocycles. The molecule has 21 atom stereocenters. The number of hydrogen-bond donors (Lipinski definition) is 0. The van der Waals surface area contributed by atoms with Crippen LogP contribution in [0.15, 0.2) is 0 Å². The van der Waals surface area contributed by atoms with Crippen molar-refractivity contribution in [2.24, 2.45) is 0 Å². The van der Waals surface area contributed by atoms with Gasteiger partial charge in [0.15, 0.2) is 0 Å². The van der Waals surface area contributed by atoms with E-state index < -0.39 is 71.0 Å². The summed E-state index contributed by atoms with van der Waals surface area (Å²) in [6.45, 7) is 31.9. The van der Waals surface area contributed by atoms with E-state index in [1.807, 2.05) is 111 Å². The van der Waals surface area contributed by atoms with Gasteiger partial charge in [-0.2, -0.15) is 0 Å². The van der Waals surface area contributed by atoms with Crippen LogP contribution < -0.4 is 0 Å². The molecule has 2 bridgehead atoms. The predicted octanol–water partition coefficient (Wildman–Crippen LogP) is 9.09. The molecule has 74 heavy (non-hydrogen) atoms. The molecular formula is C52H96O20P2. The lowest BCUT2D eigenvalue weighted by atomic mass is 9.93. The molecule has 8 rings (SSSR count). The Bertz CT molecular complexity index is 1740. The van der Waals surface area contributed by atoms with Crippen LogP contribution in [-0.2, 0) is 93.1 Å². The molecule has 0 N–H and O–H groups in total. The van der Waals surface area contributed by atoms with Crippen molar-refractivity contribution in [3.8, 4) is 0 Å². The molecule has 20 nitrogen and oxygen atoms in total. The Kier molecular flexibility index (Phi) is 23.0. The zero-order valence-corrected chi connectivity index (χ0v) is 49.0. The molecule has 0 unspecified atom stereocenters. The maximum atomic E-state index is 13.2. The van der Waals surface area contributed by atoms with Crippen molar-refractivity contribution < 1.29 is 95.9 Å². The standard InChI is InChI=1S/2C19H35O8P.C14H26O4/c2*1-12(2)22-11-18-15(6-8-21-18)26-28(20)23-9-7-16(27-28)19-17(24-13(3)4)10-14(5)25-19;1-8(2)15-7-14-11(6)17-12(10(5)18-14)13(14)16-9(3)4/h2*12-19H,6-11H2,1-5H3;8-13H,7H2,1-6H3/t14-,15-,16+,17-,18+,19+,28-;14-,15-,16-,17-,18+,19+,28+;10-,11-,12-,13-,14-/m000/s1/i2*8T;/t8-,14+,15+,16-,17+,18-,19-,28+;8-,14+,15+,16+,17+,18-,19-,28-;/m11.. The average molecular weight is 1110 g/mol. The maximum Gasteiger partial charge on any atom is 0.475 e. The van der Waals surface area contributed by atoms with Crippen LogP contribution in [0.5, 0.6) is 0 Å². The van der Waals surface area contributed by atoms with Gasteiger partial charge in [0.1, 0.15) is 66.6 Å². The molecule has 8 aliphatic rings. The fraction of sp³-hybridized carbons (Fsp3) is 1.00. The number of hydrogen-bond acceptors (Lipinski definition) is 20. The van der Waals surface area contributed by atoms with Crippen LogP contribution >= 0.6 is 15.6 Å². The molecule has 0 spiro atoms. The first-order chi connectivity index (χ1) is 35.7. The minimum absolute atomic E-state index is 0.0150. The number of rotatable bonds is 21. The maximum absolute atomic E-state index is 13.2. The summed E-state index contributed by atoms with van der Waals surface area (Å²) in [5, 5.41) is 0. The van der Waals surface area contributed by atoms with E-state index in [9.17, 15) is 9.13 Å². The Morgan fingerprint density at radius 1 is 0.541 bits per heavy atom. The van der Waals surface area contributed by atoms with Crippen molar-refractivity contribution in [3.63, 3.8) is 0 Å². The highest BCUT2D eigenvalue weighted by molar-refractivity contribution is 7.48. The van der Waals surface area contributed by atoms with Crippen LogP contribution in [0.3, 0.4) is 0 Å². The van der Waals surface area contributed by atoms with Crippen molar-refractivity contribution >= 4 is 15.6 Å². The molecule has 22 heteroatoms. The quantitative estimate of drug-likeness (QED) is 0.0985. The summed E-state index contributed by atoms with van der Waals surface area (Å²) in [6, 6.07) is 0. The first kappa shape index (κ1) is 59.9. The van der Waals surface area contributed by atoms with Gasteiger partial charge in [-0.05, 0) is 111 Å². The Labute approximate surface area is 445 Å². The molecule has 0 radical (unpaired) electrons. The summed E-state index contributed by atoms with van der Waals surface area (Å²) in [4.78, 5) is 0. The van der Waals surface area contributed by atoms with Gasteiger partial charge in [0, 0.05) is 51.7 Å². The van der Waals surface area contributed by atoms with Crippen LogP contribution in [0.4, 0.5) is 0 Å². The first-order valence-electron chi connectivity index (χ1n) is 28.7. The Morgan fingerprint density at radius 3 is 1.38 bits per heavy atom. The Balaban J connectivity index is 0.000000191. The van der Waals surface area contributed by atoms with Crippen molar-refractivity contribution in [3.05, 3.63) is 0 Å². The topological polar surface area (TPSA) is 200 Å². The summed E-state index contributed by atoms with van der Waals surface area (Å²) < 4.78 is 147. The van der Waals surface area contributed by atoms with Gasteiger partial charge in [0.05, 0.1) is 109 Å². The van der Waals surface area contributed by atoms with E-state index in [1.54, 1.807) is 0 Å². The lowest BCUT2D eigenvalue weighted by Gasteiger charge is -2.36. The van der Waals surface area contributed by atoms with E-state index in [4.69, 9.17) is 86.7 Å². The van der Waals surface area contributed by atoms with Crippen LogP contribution in [0, 0.1) is 0 Å². The van der Waals surface area contributed by atoms with Crippen LogP contribution in [0.2, 0.25) is 0 Å². The number of ether oxygens (including phenoxy) is 12. The van der Waals surface area contributed by atoms with Crippen molar-refractivity contribution in [1.82, 2.24) is 0 Å². The smallest absolute Gasteiger partial charge is 0.376 e. The van der Waals surface area contributed by atoms with Crippen LogP contribution in [0.1, 0.15) is 152 Å². The molecule has 0 amide bonds. The fourth-order valence-corrected chi connectivity index (χ4v) is 13.5. The largest absolute Gasteiger partial charge is 0.475 e. The second-order valence-corrected chi connectivity index (χ2v) is 25.5. The van der Waals surface area contributed by atoms with E-state index in [-0.39, 0.29) is 137 Å². The predicted molar refractivity (Wildman–Crippen MR) is 273 cm³/mol. The van der Waals surface area contributed by atoms with E-state index >= 15 is 0 Å². The average Bonchev–Trinajstić information content (AvgIpc) is 4.14.